The van der Waals surface area contributed by atoms with Gasteiger partial charge in [0.1, 0.15) is 0 Å². The molecule has 0 radical (unpaired) electrons. The summed E-state index contributed by atoms with van der Waals surface area (Å²) in [4.78, 5) is 2.70. The molecular formula is C27H33ClN2. The van der Waals surface area contributed by atoms with Gasteiger partial charge in [-0.3, -0.25) is 4.90 Å². The third kappa shape index (κ3) is 4.36. The lowest BCUT2D eigenvalue weighted by molar-refractivity contribution is 0.185. The lowest BCUT2D eigenvalue weighted by Crippen LogP contribution is -2.45. The summed E-state index contributed by atoms with van der Waals surface area (Å²) in [5.41, 5.74) is 9.68. The van der Waals surface area contributed by atoms with Crippen LogP contribution in [-0.4, -0.2) is 24.0 Å². The second kappa shape index (κ2) is 9.41. The minimum atomic E-state index is 0.629. The van der Waals surface area contributed by atoms with E-state index in [-0.39, 0.29) is 0 Å². The van der Waals surface area contributed by atoms with Gasteiger partial charge in [-0.05, 0) is 68.7 Å². The minimum absolute atomic E-state index is 0.629. The molecule has 2 aliphatic rings. The molecule has 0 bridgehead atoms. The van der Waals surface area contributed by atoms with Crippen molar-refractivity contribution in [1.82, 2.24) is 10.2 Å². The van der Waals surface area contributed by atoms with E-state index in [1.807, 2.05) is 18.2 Å². The van der Waals surface area contributed by atoms with E-state index in [0.29, 0.717) is 6.04 Å². The Bertz CT molecular complexity index is 958. The van der Waals surface area contributed by atoms with Crippen molar-refractivity contribution in [3.05, 3.63) is 87.1 Å². The normalized spacial score (nSPS) is 20.3. The Morgan fingerprint density at radius 2 is 2.00 bits per heavy atom. The Labute approximate surface area is 186 Å². The number of aryl methyl sites for hydroxylation is 2. The van der Waals surface area contributed by atoms with Crippen LogP contribution in [0.25, 0.3) is 5.70 Å². The smallest absolute Gasteiger partial charge is 0.0499 e. The summed E-state index contributed by atoms with van der Waals surface area (Å²) in [5.74, 6) is 0. The highest BCUT2D eigenvalue weighted by molar-refractivity contribution is 6.32. The van der Waals surface area contributed by atoms with E-state index in [1.165, 1.54) is 36.1 Å². The zero-order valence-corrected chi connectivity index (χ0v) is 19.2. The summed E-state index contributed by atoms with van der Waals surface area (Å²) in [6, 6.07) is 15.6. The minimum Gasteiger partial charge on any atom is -0.358 e. The fourth-order valence-corrected chi connectivity index (χ4v) is 5.20. The zero-order valence-electron chi connectivity index (χ0n) is 18.5. The van der Waals surface area contributed by atoms with Crippen LogP contribution < -0.4 is 5.32 Å². The average Bonchev–Trinajstić information content (AvgIpc) is 2.78. The van der Waals surface area contributed by atoms with Gasteiger partial charge >= 0.3 is 0 Å². The summed E-state index contributed by atoms with van der Waals surface area (Å²) in [6.45, 7) is 8.77. The zero-order chi connectivity index (χ0) is 21.1. The van der Waals surface area contributed by atoms with E-state index in [2.05, 4.69) is 61.3 Å². The highest BCUT2D eigenvalue weighted by atomic mass is 35.5. The van der Waals surface area contributed by atoms with E-state index in [0.717, 1.165) is 42.2 Å². The first-order chi connectivity index (χ1) is 14.6. The van der Waals surface area contributed by atoms with Crippen molar-refractivity contribution in [2.75, 3.05) is 13.1 Å². The third-order valence-electron chi connectivity index (χ3n) is 6.84. The van der Waals surface area contributed by atoms with Crippen molar-refractivity contribution < 1.29 is 0 Å². The van der Waals surface area contributed by atoms with Gasteiger partial charge in [-0.15, -0.1) is 0 Å². The van der Waals surface area contributed by atoms with Gasteiger partial charge in [0, 0.05) is 41.1 Å². The first-order valence-corrected chi connectivity index (χ1v) is 11.7. The molecule has 0 fully saturated rings. The van der Waals surface area contributed by atoms with Crippen molar-refractivity contribution in [1.29, 1.82) is 0 Å². The van der Waals surface area contributed by atoms with Crippen LogP contribution in [0.3, 0.4) is 0 Å². The molecule has 0 spiro atoms. The third-order valence-corrected chi connectivity index (χ3v) is 7.17. The van der Waals surface area contributed by atoms with E-state index >= 15 is 0 Å². The van der Waals surface area contributed by atoms with E-state index in [4.69, 9.17) is 11.6 Å². The fourth-order valence-electron chi connectivity index (χ4n) is 4.96. The molecule has 1 aliphatic carbocycles. The number of hydrogen-bond acceptors (Lipinski definition) is 2. The highest BCUT2D eigenvalue weighted by Crippen LogP contribution is 2.31. The predicted molar refractivity (Wildman–Crippen MR) is 129 cm³/mol. The molecule has 2 nitrogen and oxygen atoms in total. The van der Waals surface area contributed by atoms with Crippen molar-refractivity contribution in [2.45, 2.75) is 58.9 Å². The van der Waals surface area contributed by atoms with Crippen LogP contribution in [0.1, 0.15) is 55.9 Å². The molecule has 1 atom stereocenters. The number of nitrogens with zero attached hydrogens (tertiary/aromatic N) is 1. The Morgan fingerprint density at radius 3 is 2.77 bits per heavy atom. The maximum absolute atomic E-state index is 6.47. The fraction of sp³-hybridized carbons (Fsp3) is 0.407. The van der Waals surface area contributed by atoms with Gasteiger partial charge in [0.2, 0.25) is 0 Å². The number of allylic oxidation sites excluding steroid dienone is 1. The molecule has 1 aliphatic heterocycles. The molecular weight excluding hydrogens is 388 g/mol. The quantitative estimate of drug-likeness (QED) is 0.602. The predicted octanol–water partition coefficient (Wildman–Crippen LogP) is 6.39. The summed E-state index contributed by atoms with van der Waals surface area (Å²) < 4.78 is 0. The highest BCUT2D eigenvalue weighted by Gasteiger charge is 2.28. The molecule has 1 unspecified atom stereocenters. The summed E-state index contributed by atoms with van der Waals surface area (Å²) in [6.07, 6.45) is 8.03. The maximum Gasteiger partial charge on any atom is 0.0499 e. The first-order valence-electron chi connectivity index (χ1n) is 11.3. The Hall–Kier alpha value is -2.03. The number of hydrogen-bond donors (Lipinski definition) is 1. The molecule has 2 aromatic carbocycles. The van der Waals surface area contributed by atoms with Crippen molar-refractivity contribution in [2.24, 2.45) is 0 Å². The monoisotopic (exact) mass is 420 g/mol. The number of rotatable bonds is 5. The first kappa shape index (κ1) is 21.2. The maximum atomic E-state index is 6.47. The SMILES string of the molecule is C/C=C(\NC1=C(C)CCN(C2CCc3cccc(CC)c3C2)C1)c1ccccc1Cl. The average molecular weight is 421 g/mol. The topological polar surface area (TPSA) is 15.3 Å². The van der Waals surface area contributed by atoms with Gasteiger partial charge in [0.05, 0.1) is 0 Å². The Kier molecular flexibility index (Phi) is 6.65. The summed E-state index contributed by atoms with van der Waals surface area (Å²) >= 11 is 6.47. The van der Waals surface area contributed by atoms with Crippen LogP contribution in [0.15, 0.2) is 59.8 Å². The van der Waals surface area contributed by atoms with Gasteiger partial charge in [-0.25, -0.2) is 0 Å². The van der Waals surface area contributed by atoms with E-state index in [1.54, 1.807) is 11.1 Å². The molecule has 0 aromatic heterocycles. The standard InChI is InChI=1S/C27H33ClN2/c1-4-20-9-8-10-21-13-14-22(17-24(20)21)30-16-15-19(3)27(18-30)29-26(5-2)23-11-6-7-12-25(23)28/h5-12,22,29H,4,13-18H2,1-3H3/b26-5-. The number of fused-ring (bicyclic) bond motifs is 1. The number of nitrogens with one attached hydrogen (secondary N) is 1. The molecule has 0 amide bonds. The second-order valence-electron chi connectivity index (χ2n) is 8.59. The van der Waals surface area contributed by atoms with Gasteiger partial charge in [0.15, 0.2) is 0 Å². The molecule has 0 saturated carbocycles. The van der Waals surface area contributed by atoms with E-state index < -0.39 is 0 Å². The van der Waals surface area contributed by atoms with Crippen molar-refractivity contribution in [3.8, 4) is 0 Å². The summed E-state index contributed by atoms with van der Waals surface area (Å²) in [5, 5.41) is 4.53. The Balaban J connectivity index is 1.51. The number of benzene rings is 2. The lowest BCUT2D eigenvalue weighted by atomic mass is 9.83. The molecule has 1 heterocycles. The van der Waals surface area contributed by atoms with Crippen LogP contribution >= 0.6 is 11.6 Å². The van der Waals surface area contributed by atoms with Gasteiger partial charge < -0.3 is 5.32 Å². The molecule has 1 N–H and O–H groups in total. The molecule has 3 heteroatoms. The van der Waals surface area contributed by atoms with Crippen molar-refractivity contribution in [3.63, 3.8) is 0 Å². The van der Waals surface area contributed by atoms with Gasteiger partial charge in [-0.2, -0.15) is 0 Å². The molecule has 158 valence electrons. The summed E-state index contributed by atoms with van der Waals surface area (Å²) in [7, 11) is 0. The van der Waals surface area contributed by atoms with Crippen LogP contribution in [-0.2, 0) is 19.3 Å². The number of halogens is 1. The molecule has 2 aromatic rings. The van der Waals surface area contributed by atoms with Crippen LogP contribution in [0.5, 0.6) is 0 Å². The van der Waals surface area contributed by atoms with Crippen LogP contribution in [0.4, 0.5) is 0 Å². The second-order valence-corrected chi connectivity index (χ2v) is 9.00. The van der Waals surface area contributed by atoms with Gasteiger partial charge in [0.25, 0.3) is 0 Å². The molecule has 0 saturated heterocycles. The molecule has 30 heavy (non-hydrogen) atoms. The Morgan fingerprint density at radius 1 is 1.17 bits per heavy atom. The largest absolute Gasteiger partial charge is 0.358 e. The molecule has 4 rings (SSSR count). The van der Waals surface area contributed by atoms with Crippen LogP contribution in [0, 0.1) is 0 Å². The van der Waals surface area contributed by atoms with Crippen LogP contribution in [0.2, 0.25) is 5.02 Å². The lowest BCUT2D eigenvalue weighted by Gasteiger charge is -2.39. The van der Waals surface area contributed by atoms with E-state index in [9.17, 15) is 0 Å². The van der Waals surface area contributed by atoms with Gasteiger partial charge in [-0.1, -0.05) is 66.6 Å². The van der Waals surface area contributed by atoms with Crippen molar-refractivity contribution >= 4 is 17.3 Å².